The Kier molecular flexibility index (Phi) is 5.45. The molecule has 0 aliphatic rings. The van der Waals surface area contributed by atoms with E-state index in [-0.39, 0.29) is 0 Å². The minimum atomic E-state index is 0.514. The number of guanidine groups is 1. The summed E-state index contributed by atoms with van der Waals surface area (Å²) in [5.74, 6) is 1.47. The van der Waals surface area contributed by atoms with Crippen LogP contribution in [0.15, 0.2) is 45.9 Å². The van der Waals surface area contributed by atoms with E-state index < -0.39 is 0 Å². The van der Waals surface area contributed by atoms with Gasteiger partial charge >= 0.3 is 0 Å². The second-order valence-corrected chi connectivity index (χ2v) is 6.85. The number of nitrogens with zero attached hydrogens (tertiary/aromatic N) is 3. The summed E-state index contributed by atoms with van der Waals surface area (Å²) < 4.78 is 5.40. The van der Waals surface area contributed by atoms with Gasteiger partial charge in [-0.1, -0.05) is 35.5 Å². The van der Waals surface area contributed by atoms with Crippen LogP contribution in [0, 0.1) is 13.8 Å². The van der Waals surface area contributed by atoms with Crippen LogP contribution in [0.25, 0.3) is 11.3 Å². The standard InChI is InChI=1S/C18H21N5OS/c1-12-17(25-13(2)22-12)11-21-18(19-3)20-10-15-9-16(23-24-15)14-7-5-4-6-8-14/h4-9H,10-11H2,1-3H3,(H2,19,20,21). The van der Waals surface area contributed by atoms with Crippen molar-refractivity contribution in [3.05, 3.63) is 57.7 Å². The molecule has 6 nitrogen and oxygen atoms in total. The Balaban J connectivity index is 1.55. The van der Waals surface area contributed by atoms with Crippen LogP contribution in [-0.4, -0.2) is 23.1 Å². The van der Waals surface area contributed by atoms with Gasteiger partial charge in [0.15, 0.2) is 11.7 Å². The summed E-state index contributed by atoms with van der Waals surface area (Å²) in [6.45, 7) is 5.25. The average molecular weight is 355 g/mol. The van der Waals surface area contributed by atoms with Gasteiger partial charge in [0, 0.05) is 23.6 Å². The van der Waals surface area contributed by atoms with Crippen molar-refractivity contribution in [2.45, 2.75) is 26.9 Å². The predicted octanol–water partition coefficient (Wildman–Crippen LogP) is 3.28. The molecule has 2 heterocycles. The van der Waals surface area contributed by atoms with Gasteiger partial charge in [-0.15, -0.1) is 11.3 Å². The van der Waals surface area contributed by atoms with Gasteiger partial charge < -0.3 is 15.2 Å². The topological polar surface area (TPSA) is 75.3 Å². The molecule has 0 radical (unpaired) electrons. The van der Waals surface area contributed by atoms with Crippen LogP contribution >= 0.6 is 11.3 Å². The number of aryl methyl sites for hydroxylation is 2. The molecular formula is C18H21N5OS. The fraction of sp³-hybridized carbons (Fsp3) is 0.278. The highest BCUT2D eigenvalue weighted by atomic mass is 32.1. The highest BCUT2D eigenvalue weighted by Crippen LogP contribution is 2.18. The molecule has 1 aromatic carbocycles. The SMILES string of the molecule is CN=C(NCc1cc(-c2ccccc2)no1)NCc1sc(C)nc1C. The maximum Gasteiger partial charge on any atom is 0.191 e. The van der Waals surface area contributed by atoms with E-state index in [9.17, 15) is 0 Å². The normalized spacial score (nSPS) is 11.6. The van der Waals surface area contributed by atoms with E-state index in [0.717, 1.165) is 27.7 Å². The number of aliphatic imine (C=N–C) groups is 1. The second-order valence-electron chi connectivity index (χ2n) is 5.57. The van der Waals surface area contributed by atoms with E-state index in [2.05, 4.69) is 25.8 Å². The molecule has 2 aromatic heterocycles. The smallest absolute Gasteiger partial charge is 0.191 e. The van der Waals surface area contributed by atoms with E-state index in [1.54, 1.807) is 18.4 Å². The Hall–Kier alpha value is -2.67. The van der Waals surface area contributed by atoms with Gasteiger partial charge in [-0.3, -0.25) is 4.99 Å². The van der Waals surface area contributed by atoms with Crippen LogP contribution in [0.5, 0.6) is 0 Å². The minimum Gasteiger partial charge on any atom is -0.359 e. The van der Waals surface area contributed by atoms with Crippen molar-refractivity contribution in [2.75, 3.05) is 7.05 Å². The van der Waals surface area contributed by atoms with Crippen molar-refractivity contribution >= 4 is 17.3 Å². The van der Waals surface area contributed by atoms with Crippen LogP contribution < -0.4 is 10.6 Å². The summed E-state index contributed by atoms with van der Waals surface area (Å²) in [5, 5.41) is 11.7. The Labute approximate surface area is 151 Å². The van der Waals surface area contributed by atoms with E-state index in [1.165, 1.54) is 4.88 Å². The molecule has 25 heavy (non-hydrogen) atoms. The maximum absolute atomic E-state index is 5.40. The highest BCUT2D eigenvalue weighted by Gasteiger charge is 2.08. The quantitative estimate of drug-likeness (QED) is 0.543. The fourth-order valence-corrected chi connectivity index (χ4v) is 3.31. The molecule has 0 saturated carbocycles. The van der Waals surface area contributed by atoms with Crippen LogP contribution in [0.3, 0.4) is 0 Å². The number of nitrogens with one attached hydrogen (secondary N) is 2. The van der Waals surface area contributed by atoms with E-state index in [1.807, 2.05) is 50.2 Å². The number of rotatable bonds is 5. The second kappa shape index (κ2) is 7.94. The van der Waals surface area contributed by atoms with Crippen molar-refractivity contribution in [2.24, 2.45) is 4.99 Å². The van der Waals surface area contributed by atoms with Gasteiger partial charge in [-0.05, 0) is 13.8 Å². The van der Waals surface area contributed by atoms with E-state index >= 15 is 0 Å². The number of thiazole rings is 1. The first-order valence-corrected chi connectivity index (χ1v) is 8.86. The number of benzene rings is 1. The van der Waals surface area contributed by atoms with Gasteiger partial charge in [0.25, 0.3) is 0 Å². The minimum absolute atomic E-state index is 0.514. The van der Waals surface area contributed by atoms with Crippen molar-refractivity contribution in [3.63, 3.8) is 0 Å². The third kappa shape index (κ3) is 4.45. The molecule has 0 atom stereocenters. The molecule has 0 aliphatic heterocycles. The van der Waals surface area contributed by atoms with Gasteiger partial charge in [-0.2, -0.15) is 0 Å². The Bertz CT molecular complexity index is 853. The summed E-state index contributed by atoms with van der Waals surface area (Å²) in [7, 11) is 1.75. The third-order valence-electron chi connectivity index (χ3n) is 3.70. The maximum atomic E-state index is 5.40. The first kappa shape index (κ1) is 17.2. The summed E-state index contributed by atoms with van der Waals surface area (Å²) in [5.41, 5.74) is 2.93. The molecule has 0 aliphatic carbocycles. The molecule has 0 saturated heterocycles. The molecule has 130 valence electrons. The van der Waals surface area contributed by atoms with Crippen LogP contribution in [0.2, 0.25) is 0 Å². The van der Waals surface area contributed by atoms with E-state index in [0.29, 0.717) is 19.0 Å². The van der Waals surface area contributed by atoms with Gasteiger partial charge in [-0.25, -0.2) is 4.98 Å². The zero-order chi connectivity index (χ0) is 17.6. The number of hydrogen-bond acceptors (Lipinski definition) is 5. The zero-order valence-electron chi connectivity index (χ0n) is 14.5. The van der Waals surface area contributed by atoms with Crippen molar-refractivity contribution in [1.29, 1.82) is 0 Å². The van der Waals surface area contributed by atoms with Crippen LogP contribution in [0.4, 0.5) is 0 Å². The Morgan fingerprint density at radius 3 is 2.60 bits per heavy atom. The molecule has 3 aromatic rings. The van der Waals surface area contributed by atoms with Crippen molar-refractivity contribution in [1.82, 2.24) is 20.8 Å². The van der Waals surface area contributed by atoms with E-state index in [4.69, 9.17) is 4.52 Å². The molecule has 2 N–H and O–H groups in total. The summed E-state index contributed by atoms with van der Waals surface area (Å²) in [6, 6.07) is 11.9. The Morgan fingerprint density at radius 1 is 1.16 bits per heavy atom. The summed E-state index contributed by atoms with van der Waals surface area (Å²) in [4.78, 5) is 9.89. The summed E-state index contributed by atoms with van der Waals surface area (Å²) in [6.07, 6.45) is 0. The average Bonchev–Trinajstić information content (AvgIpc) is 3.22. The number of aromatic nitrogens is 2. The Morgan fingerprint density at radius 2 is 1.92 bits per heavy atom. The first-order chi connectivity index (χ1) is 12.2. The molecule has 0 bridgehead atoms. The monoisotopic (exact) mass is 355 g/mol. The highest BCUT2D eigenvalue weighted by molar-refractivity contribution is 7.11. The lowest BCUT2D eigenvalue weighted by atomic mass is 10.1. The number of hydrogen-bond donors (Lipinski definition) is 2. The predicted molar refractivity (Wildman–Crippen MR) is 101 cm³/mol. The fourth-order valence-electron chi connectivity index (χ4n) is 2.43. The zero-order valence-corrected chi connectivity index (χ0v) is 15.4. The molecule has 0 unspecified atom stereocenters. The third-order valence-corrected chi connectivity index (χ3v) is 4.77. The molecular weight excluding hydrogens is 334 g/mol. The lowest BCUT2D eigenvalue weighted by Crippen LogP contribution is -2.36. The molecule has 0 fully saturated rings. The lowest BCUT2D eigenvalue weighted by Gasteiger charge is -2.09. The van der Waals surface area contributed by atoms with Crippen LogP contribution in [-0.2, 0) is 13.1 Å². The van der Waals surface area contributed by atoms with Crippen molar-refractivity contribution in [3.8, 4) is 11.3 Å². The van der Waals surface area contributed by atoms with Gasteiger partial charge in [0.05, 0.1) is 23.8 Å². The first-order valence-electron chi connectivity index (χ1n) is 8.04. The summed E-state index contributed by atoms with van der Waals surface area (Å²) >= 11 is 1.70. The van der Waals surface area contributed by atoms with Gasteiger partial charge in [0.2, 0.25) is 0 Å². The van der Waals surface area contributed by atoms with Crippen molar-refractivity contribution < 1.29 is 4.52 Å². The van der Waals surface area contributed by atoms with Gasteiger partial charge in [0.1, 0.15) is 5.69 Å². The van der Waals surface area contributed by atoms with Crippen LogP contribution in [0.1, 0.15) is 21.3 Å². The lowest BCUT2D eigenvalue weighted by molar-refractivity contribution is 0.382. The largest absolute Gasteiger partial charge is 0.359 e. The molecule has 3 rings (SSSR count). The molecule has 0 amide bonds. The molecule has 7 heteroatoms. The molecule has 0 spiro atoms.